The predicted molar refractivity (Wildman–Crippen MR) is 111 cm³/mol. The molecule has 0 saturated carbocycles. The van der Waals surface area contributed by atoms with Gasteiger partial charge in [0, 0.05) is 25.0 Å². The first-order valence-electron chi connectivity index (χ1n) is 9.97. The average molecular weight is 413 g/mol. The Morgan fingerprint density at radius 1 is 1.34 bits per heavy atom. The van der Waals surface area contributed by atoms with E-state index in [0.29, 0.717) is 29.6 Å². The molecule has 3 aromatic rings. The zero-order valence-electron chi connectivity index (χ0n) is 16.9. The van der Waals surface area contributed by atoms with Crippen LogP contribution in [-0.2, 0) is 13.5 Å². The molecule has 0 aliphatic carbocycles. The third-order valence-corrected chi connectivity index (χ3v) is 5.77. The van der Waals surface area contributed by atoms with Crippen molar-refractivity contribution < 1.29 is 9.21 Å². The highest BCUT2D eigenvalue weighted by molar-refractivity contribution is 6.31. The first kappa shape index (κ1) is 19.7. The molecule has 152 valence electrons. The Bertz CT molecular complexity index is 1020. The highest BCUT2D eigenvalue weighted by Gasteiger charge is 2.35. The number of carbonyl (C=O) groups is 1. The van der Waals surface area contributed by atoms with Crippen LogP contribution in [0.3, 0.4) is 0 Å². The molecular weight excluding hydrogens is 388 g/mol. The van der Waals surface area contributed by atoms with Gasteiger partial charge in [0.25, 0.3) is 5.91 Å². The van der Waals surface area contributed by atoms with Crippen molar-refractivity contribution in [2.45, 2.75) is 45.1 Å². The second-order valence-electron chi connectivity index (χ2n) is 7.82. The number of nitrogens with zero attached hydrogens (tertiary/aromatic N) is 4. The molecule has 1 aliphatic rings. The fraction of sp³-hybridized carbons (Fsp3) is 0.409. The molecule has 2 aromatic heterocycles. The average Bonchev–Trinajstić information content (AvgIpc) is 3.42. The van der Waals surface area contributed by atoms with E-state index >= 15 is 0 Å². The normalized spacial score (nSPS) is 16.7. The Morgan fingerprint density at radius 3 is 2.86 bits per heavy atom. The third-order valence-electron chi connectivity index (χ3n) is 5.40. The Labute approximate surface area is 175 Å². The summed E-state index contributed by atoms with van der Waals surface area (Å²) in [4.78, 5) is 19.5. The number of likely N-dealkylation sites (tertiary alicyclic amines) is 1. The van der Waals surface area contributed by atoms with Crippen LogP contribution in [0.5, 0.6) is 0 Å². The molecule has 4 rings (SSSR count). The predicted octanol–water partition coefficient (Wildman–Crippen LogP) is 4.75. The lowest BCUT2D eigenvalue weighted by atomic mass is 10.1. The molecule has 0 N–H and O–H groups in total. The summed E-state index contributed by atoms with van der Waals surface area (Å²) in [6.07, 6.45) is 4.08. The molecule has 1 aromatic carbocycles. The number of aromatic nitrogens is 3. The van der Waals surface area contributed by atoms with Gasteiger partial charge in [-0.25, -0.2) is 4.98 Å². The fourth-order valence-corrected chi connectivity index (χ4v) is 3.98. The van der Waals surface area contributed by atoms with Crippen LogP contribution in [-0.4, -0.2) is 32.1 Å². The number of hydrogen-bond donors (Lipinski definition) is 0. The van der Waals surface area contributed by atoms with Gasteiger partial charge in [-0.15, -0.1) is 0 Å². The number of hydrogen-bond acceptors (Lipinski definition) is 4. The molecule has 29 heavy (non-hydrogen) atoms. The van der Waals surface area contributed by atoms with Crippen LogP contribution in [0.4, 0.5) is 0 Å². The minimum Gasteiger partial charge on any atom is -0.443 e. The van der Waals surface area contributed by atoms with Gasteiger partial charge in [0.2, 0.25) is 5.89 Å². The van der Waals surface area contributed by atoms with E-state index in [1.165, 1.54) is 0 Å². The minimum atomic E-state index is -0.153. The monoisotopic (exact) mass is 412 g/mol. The molecule has 1 amide bonds. The van der Waals surface area contributed by atoms with Crippen LogP contribution in [0.25, 0.3) is 0 Å². The van der Waals surface area contributed by atoms with Gasteiger partial charge in [-0.3, -0.25) is 9.48 Å². The van der Waals surface area contributed by atoms with Crippen molar-refractivity contribution in [1.29, 1.82) is 0 Å². The molecule has 1 saturated heterocycles. The number of aryl methyl sites for hydroxylation is 1. The van der Waals surface area contributed by atoms with Gasteiger partial charge in [-0.2, -0.15) is 5.10 Å². The highest BCUT2D eigenvalue weighted by atomic mass is 35.5. The van der Waals surface area contributed by atoms with E-state index in [1.807, 2.05) is 42.3 Å². The van der Waals surface area contributed by atoms with E-state index in [9.17, 15) is 4.79 Å². The SMILES string of the molecule is CC(C)c1cc(C(=O)N2CCC[C@H]2c2ncc(Cc3ccccc3Cl)o2)n(C)n1. The Balaban J connectivity index is 1.54. The Kier molecular flexibility index (Phi) is 5.46. The maximum absolute atomic E-state index is 13.2. The van der Waals surface area contributed by atoms with Crippen LogP contribution in [0.1, 0.15) is 72.0 Å². The van der Waals surface area contributed by atoms with Gasteiger partial charge < -0.3 is 9.32 Å². The lowest BCUT2D eigenvalue weighted by molar-refractivity contribution is 0.0703. The number of amides is 1. The van der Waals surface area contributed by atoms with Crippen LogP contribution < -0.4 is 0 Å². The highest BCUT2D eigenvalue weighted by Crippen LogP contribution is 2.33. The van der Waals surface area contributed by atoms with Gasteiger partial charge >= 0.3 is 0 Å². The number of rotatable bonds is 5. The fourth-order valence-electron chi connectivity index (χ4n) is 3.77. The smallest absolute Gasteiger partial charge is 0.272 e. The molecule has 0 bridgehead atoms. The Morgan fingerprint density at radius 2 is 2.14 bits per heavy atom. The van der Waals surface area contributed by atoms with Crippen LogP contribution in [0, 0.1) is 0 Å². The van der Waals surface area contributed by atoms with Crippen LogP contribution in [0.2, 0.25) is 5.02 Å². The van der Waals surface area contributed by atoms with E-state index in [1.54, 1.807) is 10.9 Å². The summed E-state index contributed by atoms with van der Waals surface area (Å²) >= 11 is 6.26. The molecule has 0 unspecified atom stereocenters. The number of halogens is 1. The standard InChI is InChI=1S/C22H25ClN4O2/c1-14(2)18-12-20(26(3)25-18)22(28)27-10-6-9-19(27)21-24-13-16(29-21)11-15-7-4-5-8-17(15)23/h4-5,7-8,12-14,19H,6,9-11H2,1-3H3/t19-/m0/s1. The summed E-state index contributed by atoms with van der Waals surface area (Å²) in [6, 6.07) is 9.44. The van der Waals surface area contributed by atoms with Crippen molar-refractivity contribution in [3.05, 3.63) is 70.2 Å². The minimum absolute atomic E-state index is 0.0275. The van der Waals surface area contributed by atoms with E-state index in [0.717, 1.165) is 29.9 Å². The van der Waals surface area contributed by atoms with E-state index < -0.39 is 0 Å². The number of benzene rings is 1. The molecule has 7 heteroatoms. The summed E-state index contributed by atoms with van der Waals surface area (Å²) in [5, 5.41) is 5.19. The summed E-state index contributed by atoms with van der Waals surface area (Å²) in [7, 11) is 1.82. The lowest BCUT2D eigenvalue weighted by Crippen LogP contribution is -2.32. The van der Waals surface area contributed by atoms with Crippen molar-refractivity contribution in [3.8, 4) is 0 Å². The zero-order chi connectivity index (χ0) is 20.5. The van der Waals surface area contributed by atoms with Crippen molar-refractivity contribution in [1.82, 2.24) is 19.7 Å². The van der Waals surface area contributed by atoms with Crippen LogP contribution in [0.15, 0.2) is 40.9 Å². The molecule has 1 atom stereocenters. The molecule has 3 heterocycles. The lowest BCUT2D eigenvalue weighted by Gasteiger charge is -2.22. The van der Waals surface area contributed by atoms with Crippen molar-refractivity contribution >= 4 is 17.5 Å². The number of carbonyl (C=O) groups excluding carboxylic acids is 1. The van der Waals surface area contributed by atoms with Gasteiger partial charge in [0.05, 0.1) is 11.9 Å². The van der Waals surface area contributed by atoms with Crippen LogP contribution >= 0.6 is 11.6 Å². The molecular formula is C22H25ClN4O2. The maximum atomic E-state index is 13.2. The second kappa shape index (κ2) is 8.03. The van der Waals surface area contributed by atoms with Gasteiger partial charge in [0.1, 0.15) is 17.5 Å². The quantitative estimate of drug-likeness (QED) is 0.606. The molecule has 0 radical (unpaired) electrons. The topological polar surface area (TPSA) is 64.2 Å². The first-order chi connectivity index (χ1) is 13.9. The summed E-state index contributed by atoms with van der Waals surface area (Å²) in [5.41, 5.74) is 2.51. The van der Waals surface area contributed by atoms with E-state index in [4.69, 9.17) is 16.0 Å². The summed E-state index contributed by atoms with van der Waals surface area (Å²) in [5.74, 6) is 1.58. The van der Waals surface area contributed by atoms with Crippen molar-refractivity contribution in [3.63, 3.8) is 0 Å². The van der Waals surface area contributed by atoms with E-state index in [-0.39, 0.29) is 17.9 Å². The van der Waals surface area contributed by atoms with Gasteiger partial charge in [0.15, 0.2) is 0 Å². The second-order valence-corrected chi connectivity index (χ2v) is 8.23. The molecule has 1 fully saturated rings. The number of oxazole rings is 1. The molecule has 1 aliphatic heterocycles. The first-order valence-corrected chi connectivity index (χ1v) is 10.3. The third kappa shape index (κ3) is 3.94. The zero-order valence-corrected chi connectivity index (χ0v) is 17.7. The molecule has 6 nitrogen and oxygen atoms in total. The van der Waals surface area contributed by atoms with Crippen molar-refractivity contribution in [2.24, 2.45) is 7.05 Å². The maximum Gasteiger partial charge on any atom is 0.272 e. The van der Waals surface area contributed by atoms with E-state index in [2.05, 4.69) is 23.9 Å². The van der Waals surface area contributed by atoms with Crippen molar-refractivity contribution in [2.75, 3.05) is 6.54 Å². The Hall–Kier alpha value is -2.60. The molecule has 0 spiro atoms. The summed E-state index contributed by atoms with van der Waals surface area (Å²) in [6.45, 7) is 4.83. The summed E-state index contributed by atoms with van der Waals surface area (Å²) < 4.78 is 7.70. The van der Waals surface area contributed by atoms with Gasteiger partial charge in [-0.05, 0) is 36.5 Å². The van der Waals surface area contributed by atoms with Gasteiger partial charge in [-0.1, -0.05) is 43.6 Å². The largest absolute Gasteiger partial charge is 0.443 e.